The predicted octanol–water partition coefficient (Wildman–Crippen LogP) is 4.50. The monoisotopic (exact) mass is 469 g/mol. The minimum atomic E-state index is -4.25. The van der Waals surface area contributed by atoms with Gasteiger partial charge >= 0.3 is 0 Å². The molecular weight excluding hydrogens is 446 g/mol. The Morgan fingerprint density at radius 2 is 1.53 bits per heavy atom. The van der Waals surface area contributed by atoms with Crippen LogP contribution in [-0.4, -0.2) is 27.2 Å². The Hall–Kier alpha value is -3.20. The number of thiazole rings is 1. The van der Waals surface area contributed by atoms with E-state index in [1.807, 2.05) is 18.2 Å². The van der Waals surface area contributed by atoms with Gasteiger partial charge < -0.3 is 14.0 Å². The molecule has 0 bridgehead atoms. The molecule has 0 unspecified atom stereocenters. The second kappa shape index (κ2) is 10.4. The van der Waals surface area contributed by atoms with E-state index in [1.165, 1.54) is 39.5 Å². The molecule has 0 spiro atoms. The largest absolute Gasteiger partial charge is 0.744 e. The van der Waals surface area contributed by atoms with E-state index in [1.54, 1.807) is 31.6 Å². The van der Waals surface area contributed by atoms with Gasteiger partial charge in [-0.05, 0) is 42.0 Å². The molecule has 32 heavy (non-hydrogen) atoms. The third-order valence-corrected chi connectivity index (χ3v) is 6.66. The highest BCUT2D eigenvalue weighted by atomic mass is 32.2. The topological polar surface area (TPSA) is 79.5 Å². The van der Waals surface area contributed by atoms with Crippen molar-refractivity contribution in [1.82, 2.24) is 0 Å². The highest BCUT2D eigenvalue weighted by Gasteiger charge is 2.13. The molecule has 4 rings (SSSR count). The van der Waals surface area contributed by atoms with E-state index in [-0.39, 0.29) is 4.90 Å². The maximum absolute atomic E-state index is 10.3. The molecule has 0 aliphatic carbocycles. The van der Waals surface area contributed by atoms with Crippen LogP contribution in [0, 0.1) is 0 Å². The highest BCUT2D eigenvalue weighted by Crippen LogP contribution is 2.28. The first-order valence-corrected chi connectivity index (χ1v) is 11.8. The van der Waals surface area contributed by atoms with Crippen LogP contribution in [0.1, 0.15) is 10.6 Å². The third kappa shape index (κ3) is 5.73. The van der Waals surface area contributed by atoms with E-state index in [9.17, 15) is 13.0 Å². The maximum atomic E-state index is 10.3. The van der Waals surface area contributed by atoms with Crippen molar-refractivity contribution < 1.29 is 27.0 Å². The van der Waals surface area contributed by atoms with Crippen molar-refractivity contribution in [2.45, 2.75) is 4.90 Å². The van der Waals surface area contributed by atoms with Gasteiger partial charge in [0.15, 0.2) is 11.5 Å². The average molecular weight is 470 g/mol. The van der Waals surface area contributed by atoms with E-state index < -0.39 is 10.1 Å². The van der Waals surface area contributed by atoms with Crippen molar-refractivity contribution in [2.24, 2.45) is 7.05 Å². The Morgan fingerprint density at radius 1 is 0.875 bits per heavy atom. The standard InChI is InChI=1S/C18H18NO2S.C6H6O3S/c1-19-14-6-4-5-7-17(14)22-18(19)11-9-13-8-10-15(20-2)16(12-13)21-3;7-10(8,9)6-4-2-1-3-5-6/h4-12H,1-3H3;1-5H,(H,7,8,9)/q+1;/p-1. The van der Waals surface area contributed by atoms with Gasteiger partial charge in [0.2, 0.25) is 5.52 Å². The van der Waals surface area contributed by atoms with Crippen molar-refractivity contribution in [1.29, 1.82) is 0 Å². The number of hydrogen-bond acceptors (Lipinski definition) is 6. The van der Waals surface area contributed by atoms with Gasteiger partial charge in [-0.15, -0.1) is 0 Å². The van der Waals surface area contributed by atoms with E-state index in [0.29, 0.717) is 0 Å². The summed E-state index contributed by atoms with van der Waals surface area (Å²) in [5.41, 5.74) is 2.33. The van der Waals surface area contributed by atoms with Crippen LogP contribution >= 0.6 is 11.3 Å². The van der Waals surface area contributed by atoms with Crippen LogP contribution < -0.4 is 14.0 Å². The predicted molar refractivity (Wildman–Crippen MR) is 126 cm³/mol. The normalized spacial score (nSPS) is 11.2. The van der Waals surface area contributed by atoms with Crippen molar-refractivity contribution in [3.63, 3.8) is 0 Å². The first-order valence-electron chi connectivity index (χ1n) is 9.62. The zero-order chi connectivity index (χ0) is 23.1. The molecule has 0 radical (unpaired) electrons. The molecule has 0 saturated carbocycles. The van der Waals surface area contributed by atoms with Crippen LogP contribution in [0.25, 0.3) is 22.4 Å². The molecule has 0 aliphatic rings. The Morgan fingerprint density at radius 3 is 2.12 bits per heavy atom. The SMILES string of the molecule is COc1ccc(C=Cc2sc3ccccc3[n+]2C)cc1OC.O=S(=O)([O-])c1ccccc1. The van der Waals surface area contributed by atoms with Crippen LogP contribution in [-0.2, 0) is 17.2 Å². The van der Waals surface area contributed by atoms with Crippen LogP contribution in [0.15, 0.2) is 77.7 Å². The van der Waals surface area contributed by atoms with Gasteiger partial charge in [0.1, 0.15) is 21.9 Å². The molecular formula is C24H23NO5S2. The van der Waals surface area contributed by atoms with Gasteiger partial charge in [0, 0.05) is 12.1 Å². The summed E-state index contributed by atoms with van der Waals surface area (Å²) in [6.45, 7) is 0. The van der Waals surface area contributed by atoms with Gasteiger partial charge in [0.05, 0.1) is 19.1 Å². The number of para-hydroxylation sites is 1. The fourth-order valence-corrected chi connectivity index (χ4v) is 4.52. The number of aromatic nitrogens is 1. The van der Waals surface area contributed by atoms with Crippen LogP contribution in [0.5, 0.6) is 11.5 Å². The van der Waals surface area contributed by atoms with Gasteiger partial charge in [-0.3, -0.25) is 0 Å². The molecule has 1 aromatic heterocycles. The summed E-state index contributed by atoms with van der Waals surface area (Å²) in [5, 5.41) is 1.20. The first kappa shape index (κ1) is 23.5. The molecule has 0 amide bonds. The van der Waals surface area contributed by atoms with Crippen molar-refractivity contribution in [3.05, 3.63) is 83.4 Å². The Balaban J connectivity index is 0.000000243. The number of aryl methyl sites for hydroxylation is 1. The zero-order valence-electron chi connectivity index (χ0n) is 17.9. The molecule has 0 atom stereocenters. The summed E-state index contributed by atoms with van der Waals surface area (Å²) >= 11 is 1.78. The minimum Gasteiger partial charge on any atom is -0.744 e. The van der Waals surface area contributed by atoms with Crippen molar-refractivity contribution >= 4 is 43.8 Å². The smallest absolute Gasteiger partial charge is 0.262 e. The van der Waals surface area contributed by atoms with Crippen LogP contribution in [0.3, 0.4) is 0 Å². The molecule has 0 fully saturated rings. The van der Waals surface area contributed by atoms with E-state index in [0.717, 1.165) is 17.1 Å². The lowest BCUT2D eigenvalue weighted by molar-refractivity contribution is -0.642. The lowest BCUT2D eigenvalue weighted by atomic mass is 10.2. The summed E-state index contributed by atoms with van der Waals surface area (Å²) in [6.07, 6.45) is 4.22. The summed E-state index contributed by atoms with van der Waals surface area (Å²) in [4.78, 5) is -0.185. The van der Waals surface area contributed by atoms with Crippen molar-refractivity contribution in [2.75, 3.05) is 14.2 Å². The first-order chi connectivity index (χ1) is 15.3. The molecule has 0 aliphatic heterocycles. The number of hydrogen-bond donors (Lipinski definition) is 0. The Kier molecular flexibility index (Phi) is 7.63. The summed E-state index contributed by atoms with van der Waals surface area (Å²) in [5.74, 6) is 1.48. The molecule has 1 heterocycles. The minimum absolute atomic E-state index is 0.185. The molecule has 0 saturated heterocycles. The molecule has 4 aromatic rings. The molecule has 3 aromatic carbocycles. The maximum Gasteiger partial charge on any atom is 0.262 e. The van der Waals surface area contributed by atoms with E-state index >= 15 is 0 Å². The number of nitrogens with zero attached hydrogens (tertiary/aromatic N) is 1. The fourth-order valence-electron chi connectivity index (χ4n) is 2.98. The number of ether oxygens (including phenoxy) is 2. The van der Waals surface area contributed by atoms with Gasteiger partial charge in [-0.1, -0.05) is 47.7 Å². The van der Waals surface area contributed by atoms with E-state index in [2.05, 4.69) is 48.0 Å². The van der Waals surface area contributed by atoms with Crippen molar-refractivity contribution in [3.8, 4) is 11.5 Å². The third-order valence-electron chi connectivity index (χ3n) is 4.63. The second-order valence-corrected chi connectivity index (χ2v) is 9.12. The average Bonchev–Trinajstić information content (AvgIpc) is 3.13. The van der Waals surface area contributed by atoms with Crippen LogP contribution in [0.4, 0.5) is 0 Å². The molecule has 6 nitrogen and oxygen atoms in total. The van der Waals surface area contributed by atoms with Gasteiger partial charge in [0.25, 0.3) is 5.01 Å². The summed E-state index contributed by atoms with van der Waals surface area (Å²) in [7, 11) is 1.13. The highest BCUT2D eigenvalue weighted by molar-refractivity contribution is 7.85. The lowest BCUT2D eigenvalue weighted by Gasteiger charge is -2.07. The Labute approximate surface area is 191 Å². The quantitative estimate of drug-likeness (QED) is 0.318. The zero-order valence-corrected chi connectivity index (χ0v) is 19.5. The van der Waals surface area contributed by atoms with Gasteiger partial charge in [-0.2, -0.15) is 4.57 Å². The van der Waals surface area contributed by atoms with Gasteiger partial charge in [-0.25, -0.2) is 8.42 Å². The summed E-state index contributed by atoms with van der Waals surface area (Å²) in [6, 6.07) is 21.5. The lowest BCUT2D eigenvalue weighted by Crippen LogP contribution is -2.28. The molecule has 8 heteroatoms. The molecule has 0 N–H and O–H groups in total. The Bertz CT molecular complexity index is 1330. The number of fused-ring (bicyclic) bond motifs is 1. The summed E-state index contributed by atoms with van der Waals surface area (Å²) < 4.78 is 44.9. The number of rotatable bonds is 5. The number of methoxy groups -OCH3 is 2. The van der Waals surface area contributed by atoms with Crippen LogP contribution in [0.2, 0.25) is 0 Å². The second-order valence-electron chi connectivity index (χ2n) is 6.68. The van der Waals surface area contributed by atoms with E-state index in [4.69, 9.17) is 9.47 Å². The molecule has 166 valence electrons. The number of benzene rings is 3. The fraction of sp³-hybridized carbons (Fsp3) is 0.125.